The van der Waals surface area contributed by atoms with Gasteiger partial charge in [-0.3, -0.25) is 4.79 Å². The number of aliphatic carboxylic acids is 1. The zero-order valence-electron chi connectivity index (χ0n) is 12.0. The highest BCUT2D eigenvalue weighted by molar-refractivity contribution is 5.70. The van der Waals surface area contributed by atoms with Crippen molar-refractivity contribution in [1.82, 2.24) is 5.32 Å². The zero-order chi connectivity index (χ0) is 13.4. The number of hydrogen-bond donors (Lipinski definition) is 2. The highest BCUT2D eigenvalue weighted by Gasteiger charge is 2.26. The number of nitrogens with one attached hydrogen (secondary N) is 1. The summed E-state index contributed by atoms with van der Waals surface area (Å²) >= 11 is 0. The van der Waals surface area contributed by atoms with E-state index in [1.807, 2.05) is 0 Å². The summed E-state index contributed by atoms with van der Waals surface area (Å²) in [6.07, 6.45) is 8.98. The van der Waals surface area contributed by atoms with E-state index in [0.29, 0.717) is 6.04 Å². The number of carboxylic acids is 1. The molecule has 0 saturated heterocycles. The van der Waals surface area contributed by atoms with Crippen LogP contribution in [0.5, 0.6) is 0 Å². The number of hydrogen-bond acceptors (Lipinski definition) is 2. The fraction of sp³-hybridized carbons (Fsp3) is 0.933. The third-order valence-corrected chi connectivity index (χ3v) is 4.26. The van der Waals surface area contributed by atoms with Gasteiger partial charge in [0.2, 0.25) is 0 Å². The lowest BCUT2D eigenvalue weighted by Crippen LogP contribution is -2.38. The largest absolute Gasteiger partial charge is 0.481 e. The zero-order valence-corrected chi connectivity index (χ0v) is 12.0. The summed E-state index contributed by atoms with van der Waals surface area (Å²) in [5, 5.41) is 12.7. The van der Waals surface area contributed by atoms with E-state index in [-0.39, 0.29) is 5.92 Å². The van der Waals surface area contributed by atoms with E-state index >= 15 is 0 Å². The Morgan fingerprint density at radius 1 is 1.39 bits per heavy atom. The van der Waals surface area contributed by atoms with Crippen LogP contribution in [0.25, 0.3) is 0 Å². The second-order valence-electron chi connectivity index (χ2n) is 5.72. The van der Waals surface area contributed by atoms with E-state index in [4.69, 9.17) is 5.11 Å². The van der Waals surface area contributed by atoms with E-state index in [0.717, 1.165) is 38.1 Å². The van der Waals surface area contributed by atoms with E-state index in [9.17, 15) is 4.79 Å². The van der Waals surface area contributed by atoms with Crippen LogP contribution in [0.3, 0.4) is 0 Å². The van der Waals surface area contributed by atoms with Crippen molar-refractivity contribution in [2.75, 3.05) is 6.54 Å². The van der Waals surface area contributed by atoms with Crippen LogP contribution in [0.2, 0.25) is 0 Å². The van der Waals surface area contributed by atoms with Gasteiger partial charge < -0.3 is 10.4 Å². The molecule has 1 aliphatic carbocycles. The Kier molecular flexibility index (Phi) is 7.33. The molecule has 3 unspecified atom stereocenters. The molecule has 1 fully saturated rings. The molecule has 0 amide bonds. The molecule has 1 aliphatic rings. The molecule has 106 valence electrons. The van der Waals surface area contributed by atoms with Crippen LogP contribution in [0.15, 0.2) is 0 Å². The molecule has 3 atom stereocenters. The first-order valence-corrected chi connectivity index (χ1v) is 7.63. The van der Waals surface area contributed by atoms with Gasteiger partial charge in [-0.15, -0.1) is 0 Å². The Hall–Kier alpha value is -0.570. The molecule has 0 bridgehead atoms. The summed E-state index contributed by atoms with van der Waals surface area (Å²) in [6.45, 7) is 5.55. The van der Waals surface area contributed by atoms with Gasteiger partial charge in [-0.1, -0.05) is 39.5 Å². The summed E-state index contributed by atoms with van der Waals surface area (Å²) in [6, 6.07) is 0.426. The summed E-state index contributed by atoms with van der Waals surface area (Å²) in [5.74, 6) is 0.0293. The molecule has 0 aliphatic heterocycles. The number of carbonyl (C=O) groups is 1. The number of rotatable bonds is 8. The molecule has 0 spiro atoms. The highest BCUT2D eigenvalue weighted by Crippen LogP contribution is 2.24. The van der Waals surface area contributed by atoms with Gasteiger partial charge in [0.05, 0.1) is 5.92 Å². The molecule has 0 aromatic carbocycles. The van der Waals surface area contributed by atoms with Crippen LogP contribution in [0.4, 0.5) is 0 Å². The van der Waals surface area contributed by atoms with Crippen molar-refractivity contribution >= 4 is 5.97 Å². The van der Waals surface area contributed by atoms with Gasteiger partial charge in [-0.05, 0) is 38.1 Å². The Bertz CT molecular complexity index is 243. The fourth-order valence-corrected chi connectivity index (χ4v) is 2.88. The molecular weight excluding hydrogens is 226 g/mol. The fourth-order valence-electron chi connectivity index (χ4n) is 2.88. The van der Waals surface area contributed by atoms with Crippen molar-refractivity contribution in [3.8, 4) is 0 Å². The minimum absolute atomic E-state index is 0.119. The monoisotopic (exact) mass is 255 g/mol. The molecular formula is C15H29NO2. The third kappa shape index (κ3) is 5.38. The molecule has 0 aromatic rings. The van der Waals surface area contributed by atoms with Gasteiger partial charge in [0, 0.05) is 6.04 Å². The second-order valence-corrected chi connectivity index (χ2v) is 5.72. The maximum absolute atomic E-state index is 11.0. The molecule has 0 radical (unpaired) electrons. The molecule has 1 saturated carbocycles. The van der Waals surface area contributed by atoms with Gasteiger partial charge in [0.1, 0.15) is 0 Å². The quantitative estimate of drug-likeness (QED) is 0.698. The van der Waals surface area contributed by atoms with Crippen molar-refractivity contribution in [2.45, 2.75) is 71.3 Å². The van der Waals surface area contributed by atoms with Gasteiger partial charge in [-0.25, -0.2) is 0 Å². The average molecular weight is 255 g/mol. The summed E-state index contributed by atoms with van der Waals surface area (Å²) in [5.41, 5.74) is 0. The normalized spacial score (nSPS) is 25.9. The van der Waals surface area contributed by atoms with Crippen molar-refractivity contribution in [2.24, 2.45) is 11.8 Å². The van der Waals surface area contributed by atoms with E-state index in [1.165, 1.54) is 25.7 Å². The second kappa shape index (κ2) is 8.52. The first-order valence-electron chi connectivity index (χ1n) is 7.63. The van der Waals surface area contributed by atoms with Crippen LogP contribution < -0.4 is 5.32 Å². The first-order chi connectivity index (χ1) is 8.67. The Labute approximate surface area is 111 Å². The molecule has 0 aromatic heterocycles. The smallest absolute Gasteiger partial charge is 0.306 e. The van der Waals surface area contributed by atoms with Gasteiger partial charge in [-0.2, -0.15) is 0 Å². The van der Waals surface area contributed by atoms with Crippen molar-refractivity contribution in [1.29, 1.82) is 0 Å². The standard InChI is InChI=1S/C15H29NO2/c1-3-5-7-12(4-2)11-16-14-9-6-8-13(10-14)15(17)18/h12-14,16H,3-11H2,1-2H3,(H,17,18). The maximum Gasteiger partial charge on any atom is 0.306 e. The van der Waals surface area contributed by atoms with Crippen molar-refractivity contribution < 1.29 is 9.90 Å². The predicted molar refractivity (Wildman–Crippen MR) is 74.7 cm³/mol. The van der Waals surface area contributed by atoms with Gasteiger partial charge >= 0.3 is 5.97 Å². The average Bonchev–Trinajstić information content (AvgIpc) is 2.39. The number of carboxylic acid groups (broad SMARTS) is 1. The van der Waals surface area contributed by atoms with E-state index < -0.39 is 5.97 Å². The lowest BCUT2D eigenvalue weighted by molar-refractivity contribution is -0.143. The Balaban J connectivity index is 2.26. The maximum atomic E-state index is 11.0. The first kappa shape index (κ1) is 15.5. The molecule has 3 nitrogen and oxygen atoms in total. The SMILES string of the molecule is CCCCC(CC)CNC1CCCC(C(=O)O)C1. The van der Waals surface area contributed by atoms with Gasteiger partial charge in [0.15, 0.2) is 0 Å². The van der Waals surface area contributed by atoms with E-state index in [1.54, 1.807) is 0 Å². The van der Waals surface area contributed by atoms with Crippen LogP contribution in [-0.2, 0) is 4.79 Å². The molecule has 3 heteroatoms. The molecule has 18 heavy (non-hydrogen) atoms. The van der Waals surface area contributed by atoms with Crippen molar-refractivity contribution in [3.63, 3.8) is 0 Å². The van der Waals surface area contributed by atoms with Crippen LogP contribution in [0.1, 0.15) is 65.2 Å². The molecule has 0 heterocycles. The molecule has 1 rings (SSSR count). The highest BCUT2D eigenvalue weighted by atomic mass is 16.4. The Morgan fingerprint density at radius 3 is 2.78 bits per heavy atom. The summed E-state index contributed by atoms with van der Waals surface area (Å²) in [4.78, 5) is 11.0. The van der Waals surface area contributed by atoms with Crippen LogP contribution in [-0.4, -0.2) is 23.7 Å². The lowest BCUT2D eigenvalue weighted by atomic mass is 9.85. The number of unbranched alkanes of at least 4 members (excludes halogenated alkanes) is 1. The topological polar surface area (TPSA) is 49.3 Å². The van der Waals surface area contributed by atoms with E-state index in [2.05, 4.69) is 19.2 Å². The minimum Gasteiger partial charge on any atom is -0.481 e. The lowest BCUT2D eigenvalue weighted by Gasteiger charge is -2.29. The Morgan fingerprint density at radius 2 is 2.17 bits per heavy atom. The summed E-state index contributed by atoms with van der Waals surface area (Å²) < 4.78 is 0. The third-order valence-electron chi connectivity index (χ3n) is 4.26. The van der Waals surface area contributed by atoms with Crippen LogP contribution in [0, 0.1) is 11.8 Å². The van der Waals surface area contributed by atoms with Crippen molar-refractivity contribution in [3.05, 3.63) is 0 Å². The summed E-state index contributed by atoms with van der Waals surface area (Å²) in [7, 11) is 0. The molecule has 2 N–H and O–H groups in total. The van der Waals surface area contributed by atoms with Crippen LogP contribution >= 0.6 is 0 Å². The predicted octanol–water partition coefficient (Wildman–Crippen LogP) is 3.44. The van der Waals surface area contributed by atoms with Gasteiger partial charge in [0.25, 0.3) is 0 Å². The minimum atomic E-state index is -0.612.